The van der Waals surface area contributed by atoms with E-state index in [-0.39, 0.29) is 0 Å². The summed E-state index contributed by atoms with van der Waals surface area (Å²) in [4.78, 5) is 0. The number of hydrogen-bond donors (Lipinski definition) is 0. The van der Waals surface area contributed by atoms with E-state index in [9.17, 15) is 0 Å². The fourth-order valence-corrected chi connectivity index (χ4v) is 2.30. The van der Waals surface area contributed by atoms with Crippen LogP contribution in [0.25, 0.3) is 0 Å². The molecule has 0 saturated carbocycles. The summed E-state index contributed by atoms with van der Waals surface area (Å²) in [7, 11) is 0. The molecule has 1 nitrogen and oxygen atoms in total. The van der Waals surface area contributed by atoms with Crippen LogP contribution >= 0.6 is 0 Å². The van der Waals surface area contributed by atoms with Gasteiger partial charge in [-0.05, 0) is 12.8 Å². The van der Waals surface area contributed by atoms with Crippen molar-refractivity contribution in [3.63, 3.8) is 0 Å². The predicted molar refractivity (Wildman–Crippen MR) is 75.1 cm³/mol. The van der Waals surface area contributed by atoms with Gasteiger partial charge in [0.2, 0.25) is 0 Å². The molecule has 0 bridgehead atoms. The number of ether oxygens (including phenoxy) is 1. The lowest BCUT2D eigenvalue weighted by Crippen LogP contribution is -1.87. The standard InChI is InChI=1S/C16H31O/c1-2-3-4-5-6-7-8-9-10-11-12-13-14-16-15-17-16/h14,16H,2-13,15H2,1H3. The first-order valence-electron chi connectivity index (χ1n) is 7.88. The summed E-state index contributed by atoms with van der Waals surface area (Å²) >= 11 is 0. The van der Waals surface area contributed by atoms with Crippen LogP contribution in [-0.4, -0.2) is 12.7 Å². The molecule has 0 amide bonds. The molecule has 0 spiro atoms. The molecule has 0 aromatic rings. The van der Waals surface area contributed by atoms with Gasteiger partial charge in [0, 0.05) is 0 Å². The molecule has 1 atom stereocenters. The number of epoxide rings is 1. The molecule has 1 saturated heterocycles. The van der Waals surface area contributed by atoms with Crippen molar-refractivity contribution in [2.75, 3.05) is 6.61 Å². The Bertz CT molecular complexity index is 152. The quantitative estimate of drug-likeness (QED) is 0.314. The van der Waals surface area contributed by atoms with Crippen molar-refractivity contribution in [1.82, 2.24) is 0 Å². The second kappa shape index (κ2) is 11.1. The summed E-state index contributed by atoms with van der Waals surface area (Å²) in [6, 6.07) is 0. The minimum atomic E-state index is 0.526. The predicted octanol–water partition coefficient (Wildman–Crippen LogP) is 5.29. The van der Waals surface area contributed by atoms with E-state index in [0.29, 0.717) is 6.10 Å². The molecule has 1 unspecified atom stereocenters. The van der Waals surface area contributed by atoms with Crippen molar-refractivity contribution in [3.05, 3.63) is 6.42 Å². The number of unbranched alkanes of at least 4 members (excludes halogenated alkanes) is 11. The zero-order valence-electron chi connectivity index (χ0n) is 11.8. The Labute approximate surface area is 108 Å². The van der Waals surface area contributed by atoms with Crippen LogP contribution in [0, 0.1) is 6.42 Å². The van der Waals surface area contributed by atoms with Gasteiger partial charge < -0.3 is 4.74 Å². The fourth-order valence-electron chi connectivity index (χ4n) is 2.30. The third-order valence-electron chi connectivity index (χ3n) is 3.60. The van der Waals surface area contributed by atoms with Gasteiger partial charge in [0.25, 0.3) is 0 Å². The van der Waals surface area contributed by atoms with E-state index in [1.165, 1.54) is 77.0 Å². The SMILES string of the molecule is CCCCCCCCCCCCC[CH]C1CO1. The molecular formula is C16H31O. The van der Waals surface area contributed by atoms with Crippen molar-refractivity contribution in [2.45, 2.75) is 90.1 Å². The molecule has 0 aromatic heterocycles. The van der Waals surface area contributed by atoms with E-state index in [4.69, 9.17) is 4.74 Å². The van der Waals surface area contributed by atoms with E-state index < -0.39 is 0 Å². The first kappa shape index (κ1) is 15.0. The van der Waals surface area contributed by atoms with Gasteiger partial charge in [0.15, 0.2) is 0 Å². The van der Waals surface area contributed by atoms with E-state index in [1.54, 1.807) is 0 Å². The highest BCUT2D eigenvalue weighted by molar-refractivity contribution is 4.85. The van der Waals surface area contributed by atoms with Crippen molar-refractivity contribution >= 4 is 0 Å². The van der Waals surface area contributed by atoms with Crippen LogP contribution in [-0.2, 0) is 4.74 Å². The van der Waals surface area contributed by atoms with Gasteiger partial charge in [-0.3, -0.25) is 0 Å². The van der Waals surface area contributed by atoms with Crippen LogP contribution in [0.1, 0.15) is 84.0 Å². The lowest BCUT2D eigenvalue weighted by molar-refractivity contribution is 0.423. The molecular weight excluding hydrogens is 208 g/mol. The maximum Gasteiger partial charge on any atom is 0.0841 e. The lowest BCUT2D eigenvalue weighted by atomic mass is 10.0. The van der Waals surface area contributed by atoms with Crippen molar-refractivity contribution in [3.8, 4) is 0 Å². The van der Waals surface area contributed by atoms with Gasteiger partial charge in [-0.15, -0.1) is 0 Å². The molecule has 1 radical (unpaired) electrons. The summed E-state index contributed by atoms with van der Waals surface area (Å²) in [6.45, 7) is 3.27. The maximum atomic E-state index is 5.15. The van der Waals surface area contributed by atoms with Crippen LogP contribution in [0.4, 0.5) is 0 Å². The Hall–Kier alpha value is -0.0400. The van der Waals surface area contributed by atoms with Gasteiger partial charge in [-0.25, -0.2) is 0 Å². The van der Waals surface area contributed by atoms with E-state index in [1.807, 2.05) is 0 Å². The Morgan fingerprint density at radius 3 is 1.76 bits per heavy atom. The Morgan fingerprint density at radius 2 is 1.29 bits per heavy atom. The third-order valence-corrected chi connectivity index (χ3v) is 3.60. The summed E-state index contributed by atoms with van der Waals surface area (Å²) in [6.07, 6.45) is 19.9. The van der Waals surface area contributed by atoms with E-state index >= 15 is 0 Å². The summed E-state index contributed by atoms with van der Waals surface area (Å²) < 4.78 is 5.15. The number of hydrogen-bond acceptors (Lipinski definition) is 1. The Kier molecular flexibility index (Phi) is 9.78. The second-order valence-corrected chi connectivity index (χ2v) is 5.43. The topological polar surface area (TPSA) is 12.5 Å². The Morgan fingerprint density at radius 1 is 0.824 bits per heavy atom. The van der Waals surface area contributed by atoms with Gasteiger partial charge in [-0.1, -0.05) is 77.6 Å². The van der Waals surface area contributed by atoms with Gasteiger partial charge >= 0.3 is 0 Å². The number of rotatable bonds is 13. The molecule has 0 aliphatic carbocycles. The Balaban J connectivity index is 1.61. The van der Waals surface area contributed by atoms with Crippen LogP contribution in [0.2, 0.25) is 0 Å². The minimum absolute atomic E-state index is 0.526. The second-order valence-electron chi connectivity index (χ2n) is 5.43. The minimum Gasteiger partial charge on any atom is -0.373 e. The smallest absolute Gasteiger partial charge is 0.0841 e. The van der Waals surface area contributed by atoms with Gasteiger partial charge in [-0.2, -0.15) is 0 Å². The fraction of sp³-hybridized carbons (Fsp3) is 0.938. The summed E-state index contributed by atoms with van der Waals surface area (Å²) in [5.74, 6) is 0. The molecule has 1 rings (SSSR count). The molecule has 1 aliphatic rings. The van der Waals surface area contributed by atoms with Crippen molar-refractivity contribution in [1.29, 1.82) is 0 Å². The highest BCUT2D eigenvalue weighted by atomic mass is 16.6. The van der Waals surface area contributed by atoms with Crippen LogP contribution in [0.3, 0.4) is 0 Å². The average molecular weight is 239 g/mol. The van der Waals surface area contributed by atoms with Crippen LogP contribution in [0.15, 0.2) is 0 Å². The van der Waals surface area contributed by atoms with Gasteiger partial charge in [0.1, 0.15) is 0 Å². The van der Waals surface area contributed by atoms with Gasteiger partial charge in [0.05, 0.1) is 12.7 Å². The molecule has 1 heterocycles. The molecule has 1 heteroatoms. The largest absolute Gasteiger partial charge is 0.373 e. The van der Waals surface area contributed by atoms with Crippen molar-refractivity contribution in [2.24, 2.45) is 0 Å². The zero-order chi connectivity index (χ0) is 12.2. The monoisotopic (exact) mass is 239 g/mol. The molecule has 1 aliphatic heterocycles. The average Bonchev–Trinajstić information content (AvgIpc) is 3.15. The summed E-state index contributed by atoms with van der Waals surface area (Å²) in [5.41, 5.74) is 0. The normalized spacial score (nSPS) is 18.5. The zero-order valence-corrected chi connectivity index (χ0v) is 11.8. The molecule has 0 aromatic carbocycles. The maximum absolute atomic E-state index is 5.15. The molecule has 0 N–H and O–H groups in total. The highest BCUT2D eigenvalue weighted by Crippen LogP contribution is 2.17. The van der Waals surface area contributed by atoms with E-state index in [2.05, 4.69) is 13.3 Å². The lowest BCUT2D eigenvalue weighted by Gasteiger charge is -2.02. The summed E-state index contributed by atoms with van der Waals surface area (Å²) in [5, 5.41) is 0. The van der Waals surface area contributed by atoms with Crippen LogP contribution in [0.5, 0.6) is 0 Å². The molecule has 1 fully saturated rings. The highest BCUT2D eigenvalue weighted by Gasteiger charge is 2.21. The first-order chi connectivity index (χ1) is 8.43. The first-order valence-corrected chi connectivity index (χ1v) is 7.88. The van der Waals surface area contributed by atoms with Crippen LogP contribution < -0.4 is 0 Å². The van der Waals surface area contributed by atoms with E-state index in [0.717, 1.165) is 6.61 Å². The third kappa shape index (κ3) is 10.8. The molecule has 17 heavy (non-hydrogen) atoms. The van der Waals surface area contributed by atoms with Crippen molar-refractivity contribution < 1.29 is 4.74 Å². The molecule has 101 valence electrons.